The second kappa shape index (κ2) is 5.87. The maximum absolute atomic E-state index is 12.1. The zero-order chi connectivity index (χ0) is 13.9. The summed E-state index contributed by atoms with van der Waals surface area (Å²) in [6, 6.07) is 5.36. The van der Waals surface area contributed by atoms with E-state index in [1.807, 2.05) is 24.4 Å². The molecule has 4 N–H and O–H groups in total. The van der Waals surface area contributed by atoms with Crippen LogP contribution in [0.25, 0.3) is 0 Å². The molecule has 0 saturated heterocycles. The molecule has 5 nitrogen and oxygen atoms in total. The highest BCUT2D eigenvalue weighted by Crippen LogP contribution is 2.14. The number of hydrogen-bond donors (Lipinski definition) is 3. The van der Waals surface area contributed by atoms with Crippen LogP contribution in [0.5, 0.6) is 0 Å². The van der Waals surface area contributed by atoms with E-state index in [2.05, 4.69) is 9.71 Å². The van der Waals surface area contributed by atoms with Gasteiger partial charge < -0.3 is 10.7 Å². The number of nitrogens with two attached hydrogens (primary N) is 1. The fraction of sp³-hybridized carbons (Fsp3) is 0.333. The van der Waals surface area contributed by atoms with Gasteiger partial charge in [0.1, 0.15) is 0 Å². The molecule has 19 heavy (non-hydrogen) atoms. The summed E-state index contributed by atoms with van der Waals surface area (Å²) < 4.78 is 26.9. The van der Waals surface area contributed by atoms with Crippen LogP contribution >= 0.6 is 11.3 Å². The topological polar surface area (TPSA) is 88.0 Å². The van der Waals surface area contributed by atoms with Gasteiger partial charge in [0, 0.05) is 29.4 Å². The number of nitrogens with one attached hydrogen (secondary N) is 2. The van der Waals surface area contributed by atoms with Crippen LogP contribution in [-0.4, -0.2) is 19.4 Å². The van der Waals surface area contributed by atoms with Gasteiger partial charge >= 0.3 is 0 Å². The minimum atomic E-state index is -3.48. The van der Waals surface area contributed by atoms with Crippen molar-refractivity contribution in [1.82, 2.24) is 9.71 Å². The minimum absolute atomic E-state index is 0.153. The van der Waals surface area contributed by atoms with E-state index in [1.54, 1.807) is 17.4 Å². The monoisotopic (exact) mass is 299 g/mol. The van der Waals surface area contributed by atoms with E-state index >= 15 is 0 Å². The molecule has 0 aromatic carbocycles. The third-order valence-corrected chi connectivity index (χ3v) is 5.16. The van der Waals surface area contributed by atoms with Crippen molar-refractivity contribution in [3.63, 3.8) is 0 Å². The number of rotatable bonds is 6. The molecule has 7 heteroatoms. The molecule has 2 rings (SSSR count). The fourth-order valence-electron chi connectivity index (χ4n) is 1.80. The summed E-state index contributed by atoms with van der Waals surface area (Å²) in [7, 11) is -3.48. The smallest absolute Gasteiger partial charge is 0.242 e. The van der Waals surface area contributed by atoms with Crippen molar-refractivity contribution < 1.29 is 8.42 Å². The van der Waals surface area contributed by atoms with Crippen molar-refractivity contribution in [2.45, 2.75) is 30.8 Å². The molecule has 104 valence electrons. The highest BCUT2D eigenvalue weighted by atomic mass is 32.2. The standard InChI is InChI=1S/C12H17N3O2S2/c1-9(5-11-3-2-4-18-11)15-19(16,17)12-6-10(7-13)14-8-12/h2-4,6,8-9,14-15H,5,7,13H2,1H3. The number of sulfonamides is 1. The molecule has 1 atom stereocenters. The van der Waals surface area contributed by atoms with Gasteiger partial charge in [-0.25, -0.2) is 13.1 Å². The predicted molar refractivity (Wildman–Crippen MR) is 76.5 cm³/mol. The Morgan fingerprint density at radius 2 is 2.32 bits per heavy atom. The largest absolute Gasteiger partial charge is 0.363 e. The molecule has 0 fully saturated rings. The van der Waals surface area contributed by atoms with Gasteiger partial charge in [-0.3, -0.25) is 0 Å². The van der Waals surface area contributed by atoms with Gasteiger partial charge in [-0.05, 0) is 30.9 Å². The fourth-order valence-corrected chi connectivity index (χ4v) is 3.89. The van der Waals surface area contributed by atoms with E-state index in [0.717, 1.165) is 4.88 Å². The van der Waals surface area contributed by atoms with E-state index < -0.39 is 10.0 Å². The third-order valence-electron chi connectivity index (χ3n) is 2.69. The molecule has 2 aromatic heterocycles. The number of hydrogen-bond acceptors (Lipinski definition) is 4. The average Bonchev–Trinajstić information content (AvgIpc) is 2.97. The van der Waals surface area contributed by atoms with Crippen LogP contribution in [0.1, 0.15) is 17.5 Å². The summed E-state index contributed by atoms with van der Waals surface area (Å²) in [5.74, 6) is 0. The SMILES string of the molecule is CC(Cc1cccs1)NS(=O)(=O)c1c[nH]c(CN)c1. The number of aromatic nitrogens is 1. The molecule has 2 heterocycles. The number of aromatic amines is 1. The summed E-state index contributed by atoms with van der Waals surface area (Å²) in [6.45, 7) is 2.15. The molecule has 0 aliphatic rings. The predicted octanol–water partition coefficient (Wildman–Crippen LogP) is 1.44. The molecule has 0 radical (unpaired) electrons. The van der Waals surface area contributed by atoms with Gasteiger partial charge in [0.25, 0.3) is 0 Å². The normalized spacial score (nSPS) is 13.6. The van der Waals surface area contributed by atoms with Crippen molar-refractivity contribution in [3.05, 3.63) is 40.3 Å². The van der Waals surface area contributed by atoms with Crippen LogP contribution in [-0.2, 0) is 23.0 Å². The van der Waals surface area contributed by atoms with Crippen molar-refractivity contribution in [3.8, 4) is 0 Å². The van der Waals surface area contributed by atoms with Gasteiger partial charge in [0.05, 0.1) is 4.90 Å². The lowest BCUT2D eigenvalue weighted by Gasteiger charge is -2.12. The van der Waals surface area contributed by atoms with Crippen molar-refractivity contribution in [2.24, 2.45) is 5.73 Å². The minimum Gasteiger partial charge on any atom is -0.363 e. The Morgan fingerprint density at radius 1 is 1.53 bits per heavy atom. The van der Waals surface area contributed by atoms with Crippen molar-refractivity contribution in [1.29, 1.82) is 0 Å². The molecule has 1 unspecified atom stereocenters. The van der Waals surface area contributed by atoms with E-state index in [1.165, 1.54) is 6.20 Å². The number of thiophene rings is 1. The maximum Gasteiger partial charge on any atom is 0.242 e. The lowest BCUT2D eigenvalue weighted by atomic mass is 10.2. The summed E-state index contributed by atoms with van der Waals surface area (Å²) >= 11 is 1.62. The molecule has 0 aliphatic heterocycles. The molecule has 0 aliphatic carbocycles. The second-order valence-corrected chi connectivity index (χ2v) is 7.12. The Morgan fingerprint density at radius 3 is 2.89 bits per heavy atom. The van der Waals surface area contributed by atoms with E-state index in [9.17, 15) is 8.42 Å². The molecule has 0 amide bonds. The first-order valence-electron chi connectivity index (χ1n) is 5.93. The highest BCUT2D eigenvalue weighted by Gasteiger charge is 2.19. The van der Waals surface area contributed by atoms with Crippen LogP contribution in [0.3, 0.4) is 0 Å². The quantitative estimate of drug-likeness (QED) is 0.754. The van der Waals surface area contributed by atoms with Gasteiger partial charge in [0.15, 0.2) is 0 Å². The summed E-state index contributed by atoms with van der Waals surface area (Å²) in [5.41, 5.74) is 6.15. The number of H-pyrrole nitrogens is 1. The molecular formula is C12H17N3O2S2. The average molecular weight is 299 g/mol. The Bertz CT molecular complexity index is 617. The lowest BCUT2D eigenvalue weighted by molar-refractivity contribution is 0.561. The van der Waals surface area contributed by atoms with Crippen LogP contribution in [0.4, 0.5) is 0 Å². The van der Waals surface area contributed by atoms with Crippen LogP contribution in [0.15, 0.2) is 34.7 Å². The first-order chi connectivity index (χ1) is 9.01. The molecular weight excluding hydrogens is 282 g/mol. The third kappa shape index (κ3) is 3.66. The van der Waals surface area contributed by atoms with Crippen LogP contribution in [0, 0.1) is 0 Å². The molecule has 2 aromatic rings. The molecule has 0 spiro atoms. The van der Waals surface area contributed by atoms with Gasteiger partial charge in [0.2, 0.25) is 10.0 Å². The zero-order valence-electron chi connectivity index (χ0n) is 10.6. The lowest BCUT2D eigenvalue weighted by Crippen LogP contribution is -2.33. The maximum atomic E-state index is 12.1. The Kier molecular flexibility index (Phi) is 4.41. The van der Waals surface area contributed by atoms with E-state index in [0.29, 0.717) is 18.7 Å². The van der Waals surface area contributed by atoms with Gasteiger partial charge in [-0.2, -0.15) is 0 Å². The highest BCUT2D eigenvalue weighted by molar-refractivity contribution is 7.89. The van der Waals surface area contributed by atoms with Crippen molar-refractivity contribution in [2.75, 3.05) is 0 Å². The Labute approximate surface area is 116 Å². The van der Waals surface area contributed by atoms with Crippen LogP contribution < -0.4 is 10.5 Å². The van der Waals surface area contributed by atoms with Gasteiger partial charge in [-0.1, -0.05) is 6.07 Å². The summed E-state index contributed by atoms with van der Waals surface area (Å²) in [5, 5.41) is 1.98. The first kappa shape index (κ1) is 14.3. The van der Waals surface area contributed by atoms with E-state index in [-0.39, 0.29) is 10.9 Å². The molecule has 0 saturated carbocycles. The van der Waals surface area contributed by atoms with Crippen molar-refractivity contribution >= 4 is 21.4 Å². The first-order valence-corrected chi connectivity index (χ1v) is 8.29. The van der Waals surface area contributed by atoms with Crippen LogP contribution in [0.2, 0.25) is 0 Å². The zero-order valence-corrected chi connectivity index (χ0v) is 12.2. The summed E-state index contributed by atoms with van der Waals surface area (Å²) in [4.78, 5) is 4.23. The Hall–Kier alpha value is -1.15. The second-order valence-electron chi connectivity index (χ2n) is 4.37. The Balaban J connectivity index is 2.04. The summed E-state index contributed by atoms with van der Waals surface area (Å²) in [6.07, 6.45) is 2.15. The van der Waals surface area contributed by atoms with Gasteiger partial charge in [-0.15, -0.1) is 11.3 Å². The van der Waals surface area contributed by atoms with E-state index in [4.69, 9.17) is 5.73 Å². The molecule has 0 bridgehead atoms.